The molecule has 1 aromatic carbocycles. The maximum atomic E-state index is 13.3. The lowest BCUT2D eigenvalue weighted by atomic mass is 9.91. The number of piperazine rings is 1. The summed E-state index contributed by atoms with van der Waals surface area (Å²) < 4.78 is 39.8. The zero-order chi connectivity index (χ0) is 15.7. The van der Waals surface area contributed by atoms with Gasteiger partial charge in [0.15, 0.2) is 0 Å². The summed E-state index contributed by atoms with van der Waals surface area (Å²) in [6, 6.07) is 5.99. The Hall–Kier alpha value is -1.23. The summed E-state index contributed by atoms with van der Waals surface area (Å²) in [5, 5.41) is 3.48. The summed E-state index contributed by atoms with van der Waals surface area (Å²) in [5.74, 6) is 0. The number of nitrogens with zero attached hydrogens (tertiary/aromatic N) is 1. The maximum Gasteiger partial charge on any atom is 0.418 e. The zero-order valence-electron chi connectivity index (χ0n) is 12.8. The van der Waals surface area contributed by atoms with E-state index in [4.69, 9.17) is 0 Å². The minimum absolute atomic E-state index is 0.0909. The first-order valence-corrected chi connectivity index (χ1v) is 7.48. The Labute approximate surface area is 124 Å². The van der Waals surface area contributed by atoms with Crippen LogP contribution in [-0.4, -0.2) is 24.7 Å². The molecule has 21 heavy (non-hydrogen) atoms. The molecule has 0 spiro atoms. The molecule has 1 heterocycles. The van der Waals surface area contributed by atoms with E-state index in [2.05, 4.69) is 19.2 Å². The molecule has 2 nitrogen and oxygen atoms in total. The second-order valence-corrected chi connectivity index (χ2v) is 6.00. The van der Waals surface area contributed by atoms with E-state index in [1.807, 2.05) is 11.8 Å². The summed E-state index contributed by atoms with van der Waals surface area (Å²) in [7, 11) is 0. The van der Waals surface area contributed by atoms with Crippen LogP contribution in [0.3, 0.4) is 0 Å². The van der Waals surface area contributed by atoms with Gasteiger partial charge in [0.05, 0.1) is 5.56 Å². The second kappa shape index (κ2) is 5.87. The predicted molar refractivity (Wildman–Crippen MR) is 79.6 cm³/mol. The highest BCUT2D eigenvalue weighted by atomic mass is 19.4. The number of rotatable bonds is 3. The Bertz CT molecular complexity index is 487. The van der Waals surface area contributed by atoms with Gasteiger partial charge in [-0.05, 0) is 31.9 Å². The fraction of sp³-hybridized carbons (Fsp3) is 0.625. The molecule has 1 fully saturated rings. The lowest BCUT2D eigenvalue weighted by Gasteiger charge is -2.47. The van der Waals surface area contributed by atoms with E-state index < -0.39 is 11.7 Å². The minimum atomic E-state index is -4.32. The molecule has 0 aromatic heterocycles. The number of hydrogen-bond donors (Lipinski definition) is 1. The molecule has 2 atom stereocenters. The summed E-state index contributed by atoms with van der Waals surface area (Å²) >= 11 is 0. The Balaban J connectivity index is 2.42. The van der Waals surface area contributed by atoms with Gasteiger partial charge in [0.25, 0.3) is 0 Å². The molecular formula is C16H23F3N2. The molecule has 0 radical (unpaired) electrons. The van der Waals surface area contributed by atoms with Crippen molar-refractivity contribution in [2.75, 3.05) is 18.0 Å². The first kappa shape index (κ1) is 16.1. The molecule has 1 aliphatic rings. The fourth-order valence-corrected chi connectivity index (χ4v) is 2.88. The van der Waals surface area contributed by atoms with Crippen molar-refractivity contribution in [2.45, 2.75) is 51.4 Å². The highest BCUT2D eigenvalue weighted by Crippen LogP contribution is 2.38. The SMILES string of the molecule is CCC1CNC(C)(CC)CN1c1ccccc1C(F)(F)F. The number of hydrogen-bond acceptors (Lipinski definition) is 2. The average molecular weight is 300 g/mol. The van der Waals surface area contributed by atoms with Crippen LogP contribution < -0.4 is 10.2 Å². The van der Waals surface area contributed by atoms with Gasteiger partial charge in [0.1, 0.15) is 0 Å². The summed E-state index contributed by atoms with van der Waals surface area (Å²) in [4.78, 5) is 1.93. The Kier molecular flexibility index (Phi) is 4.51. The summed E-state index contributed by atoms with van der Waals surface area (Å²) in [6.07, 6.45) is -2.62. The van der Waals surface area contributed by atoms with Gasteiger partial charge < -0.3 is 10.2 Å². The number of para-hydroxylation sites is 1. The van der Waals surface area contributed by atoms with Gasteiger partial charge in [0, 0.05) is 30.4 Å². The van der Waals surface area contributed by atoms with Crippen LogP contribution in [-0.2, 0) is 6.18 Å². The molecule has 0 aliphatic carbocycles. The number of nitrogens with one attached hydrogen (secondary N) is 1. The van der Waals surface area contributed by atoms with Gasteiger partial charge in [0.2, 0.25) is 0 Å². The highest BCUT2D eigenvalue weighted by Gasteiger charge is 2.39. The molecule has 2 rings (SSSR count). The first-order chi connectivity index (χ1) is 9.80. The topological polar surface area (TPSA) is 15.3 Å². The first-order valence-electron chi connectivity index (χ1n) is 7.48. The molecule has 1 N–H and O–H groups in total. The molecule has 1 saturated heterocycles. The van der Waals surface area contributed by atoms with Crippen LogP contribution >= 0.6 is 0 Å². The third kappa shape index (κ3) is 3.34. The van der Waals surface area contributed by atoms with Crippen LogP contribution in [0.2, 0.25) is 0 Å². The van der Waals surface area contributed by atoms with Crippen molar-refractivity contribution in [1.29, 1.82) is 0 Å². The molecule has 2 unspecified atom stereocenters. The number of halogens is 3. The van der Waals surface area contributed by atoms with Crippen molar-refractivity contribution in [3.63, 3.8) is 0 Å². The van der Waals surface area contributed by atoms with E-state index >= 15 is 0 Å². The standard InChI is InChI=1S/C16H23F3N2/c1-4-12-10-20-15(3,5-2)11-21(12)14-9-7-6-8-13(14)16(17,18)19/h6-9,12,20H,4-5,10-11H2,1-3H3. The maximum absolute atomic E-state index is 13.3. The average Bonchev–Trinajstić information content (AvgIpc) is 2.46. The number of alkyl halides is 3. The van der Waals surface area contributed by atoms with Crippen molar-refractivity contribution in [1.82, 2.24) is 5.32 Å². The van der Waals surface area contributed by atoms with Crippen LogP contribution in [0.25, 0.3) is 0 Å². The monoisotopic (exact) mass is 300 g/mol. The zero-order valence-corrected chi connectivity index (χ0v) is 12.8. The molecule has 5 heteroatoms. The van der Waals surface area contributed by atoms with Crippen molar-refractivity contribution in [3.05, 3.63) is 29.8 Å². The normalized spacial score (nSPS) is 27.0. The van der Waals surface area contributed by atoms with Gasteiger partial charge in [-0.1, -0.05) is 26.0 Å². The molecule has 0 saturated carbocycles. The number of benzene rings is 1. The second-order valence-electron chi connectivity index (χ2n) is 6.00. The van der Waals surface area contributed by atoms with Crippen LogP contribution in [0.1, 0.15) is 39.2 Å². The van der Waals surface area contributed by atoms with Gasteiger partial charge in [-0.3, -0.25) is 0 Å². The van der Waals surface area contributed by atoms with Gasteiger partial charge in [-0.15, -0.1) is 0 Å². The van der Waals surface area contributed by atoms with Crippen molar-refractivity contribution in [3.8, 4) is 0 Å². The van der Waals surface area contributed by atoms with Gasteiger partial charge >= 0.3 is 6.18 Å². The lowest BCUT2D eigenvalue weighted by molar-refractivity contribution is -0.137. The van der Waals surface area contributed by atoms with Crippen LogP contribution in [0.4, 0.5) is 18.9 Å². The van der Waals surface area contributed by atoms with E-state index in [9.17, 15) is 13.2 Å². The quantitative estimate of drug-likeness (QED) is 0.905. The summed E-state index contributed by atoms with van der Waals surface area (Å²) in [5.41, 5.74) is -0.383. The molecule has 1 aromatic rings. The van der Waals surface area contributed by atoms with Crippen molar-refractivity contribution in [2.24, 2.45) is 0 Å². The predicted octanol–water partition coefficient (Wildman–Crippen LogP) is 4.06. The third-order valence-corrected chi connectivity index (χ3v) is 4.50. The smallest absolute Gasteiger partial charge is 0.365 e. The summed E-state index contributed by atoms with van der Waals surface area (Å²) in [6.45, 7) is 7.46. The number of anilines is 1. The van der Waals surface area contributed by atoms with Crippen molar-refractivity contribution < 1.29 is 13.2 Å². The molecule has 118 valence electrons. The Morgan fingerprint density at radius 1 is 1.29 bits per heavy atom. The molecular weight excluding hydrogens is 277 g/mol. The lowest BCUT2D eigenvalue weighted by Crippen LogP contribution is -2.63. The molecule has 0 bridgehead atoms. The molecule has 1 aliphatic heterocycles. The molecule has 0 amide bonds. The van der Waals surface area contributed by atoms with E-state index in [1.165, 1.54) is 12.1 Å². The van der Waals surface area contributed by atoms with E-state index in [0.717, 1.165) is 12.8 Å². The van der Waals surface area contributed by atoms with Crippen molar-refractivity contribution >= 4 is 5.69 Å². The van der Waals surface area contributed by atoms with Crippen LogP contribution in [0, 0.1) is 0 Å². The van der Waals surface area contributed by atoms with Gasteiger partial charge in [-0.2, -0.15) is 13.2 Å². The minimum Gasteiger partial charge on any atom is -0.365 e. The fourth-order valence-electron chi connectivity index (χ4n) is 2.88. The highest BCUT2D eigenvalue weighted by molar-refractivity contribution is 5.56. The van der Waals surface area contributed by atoms with E-state index in [-0.39, 0.29) is 11.6 Å². The largest absolute Gasteiger partial charge is 0.418 e. The Morgan fingerprint density at radius 2 is 1.95 bits per heavy atom. The van der Waals surface area contributed by atoms with Gasteiger partial charge in [-0.25, -0.2) is 0 Å². The third-order valence-electron chi connectivity index (χ3n) is 4.50. The van der Waals surface area contributed by atoms with Crippen LogP contribution in [0.5, 0.6) is 0 Å². The van der Waals surface area contributed by atoms with Crippen LogP contribution in [0.15, 0.2) is 24.3 Å². The van der Waals surface area contributed by atoms with E-state index in [0.29, 0.717) is 18.8 Å². The van der Waals surface area contributed by atoms with E-state index in [1.54, 1.807) is 12.1 Å². The Morgan fingerprint density at radius 3 is 2.52 bits per heavy atom.